The lowest BCUT2D eigenvalue weighted by molar-refractivity contribution is 0.102. The molecule has 9 nitrogen and oxygen atoms in total. The van der Waals surface area contributed by atoms with Gasteiger partial charge < -0.3 is 20.1 Å². The third kappa shape index (κ3) is 3.63. The lowest BCUT2D eigenvalue weighted by atomic mass is 10.2. The van der Waals surface area contributed by atoms with Crippen molar-refractivity contribution in [2.75, 3.05) is 17.4 Å². The van der Waals surface area contributed by atoms with E-state index >= 15 is 0 Å². The van der Waals surface area contributed by atoms with E-state index < -0.39 is 0 Å². The Hall–Kier alpha value is -4.40. The maximum Gasteiger partial charge on any atom is 0.255 e. The van der Waals surface area contributed by atoms with E-state index in [2.05, 4.69) is 25.9 Å². The van der Waals surface area contributed by atoms with Gasteiger partial charge in [-0.05, 0) is 60.7 Å². The van der Waals surface area contributed by atoms with Crippen molar-refractivity contribution in [1.29, 1.82) is 0 Å². The summed E-state index contributed by atoms with van der Waals surface area (Å²) in [5, 5.41) is 18.5. The molecule has 0 unspecified atom stereocenters. The SMILES string of the molecule is O=C(Nc1ccc(Nc2ccc(-n3cccn3)nn2)cc1)c1ccc2c(c1)OCO2. The highest BCUT2D eigenvalue weighted by Gasteiger charge is 2.16. The minimum absolute atomic E-state index is 0.172. The molecule has 0 atom stereocenters. The van der Waals surface area contributed by atoms with Crippen LogP contribution in [0.4, 0.5) is 17.2 Å². The third-order valence-corrected chi connectivity index (χ3v) is 4.44. The number of rotatable bonds is 5. The molecule has 2 aromatic carbocycles. The second kappa shape index (κ2) is 7.55. The smallest absolute Gasteiger partial charge is 0.255 e. The number of nitrogens with one attached hydrogen (secondary N) is 2. The van der Waals surface area contributed by atoms with Crippen molar-refractivity contribution in [3.63, 3.8) is 0 Å². The number of fused-ring (bicyclic) bond motifs is 1. The lowest BCUT2D eigenvalue weighted by Gasteiger charge is -2.09. The van der Waals surface area contributed by atoms with Gasteiger partial charge in [-0.25, -0.2) is 4.68 Å². The molecule has 148 valence electrons. The van der Waals surface area contributed by atoms with E-state index in [1.165, 1.54) is 0 Å². The Labute approximate surface area is 171 Å². The predicted octanol–water partition coefficient (Wildman–Crippen LogP) is 3.39. The monoisotopic (exact) mass is 400 g/mol. The number of benzene rings is 2. The Morgan fingerprint density at radius 2 is 1.77 bits per heavy atom. The molecule has 1 aliphatic rings. The molecule has 1 amide bonds. The minimum Gasteiger partial charge on any atom is -0.454 e. The summed E-state index contributed by atoms with van der Waals surface area (Å²) in [5.74, 6) is 2.22. The second-order valence-corrected chi connectivity index (χ2v) is 6.45. The van der Waals surface area contributed by atoms with Crippen molar-refractivity contribution in [2.45, 2.75) is 0 Å². The molecule has 2 N–H and O–H groups in total. The molecule has 0 saturated heterocycles. The van der Waals surface area contributed by atoms with E-state index in [4.69, 9.17) is 9.47 Å². The molecule has 9 heteroatoms. The average molecular weight is 400 g/mol. The van der Waals surface area contributed by atoms with Crippen molar-refractivity contribution >= 4 is 23.1 Å². The summed E-state index contributed by atoms with van der Waals surface area (Å²) in [6.07, 6.45) is 3.48. The number of anilines is 3. The van der Waals surface area contributed by atoms with E-state index in [0.717, 1.165) is 5.69 Å². The van der Waals surface area contributed by atoms with Gasteiger partial charge in [0, 0.05) is 29.3 Å². The van der Waals surface area contributed by atoms with Crippen LogP contribution < -0.4 is 20.1 Å². The Bertz CT molecular complexity index is 1170. The number of amides is 1. The fraction of sp³-hybridized carbons (Fsp3) is 0.0476. The molecule has 1 aliphatic heterocycles. The first kappa shape index (κ1) is 17.7. The van der Waals surface area contributed by atoms with Crippen LogP contribution in [0.2, 0.25) is 0 Å². The maximum atomic E-state index is 12.5. The topological polar surface area (TPSA) is 103 Å². The van der Waals surface area contributed by atoms with Crippen LogP contribution in [-0.4, -0.2) is 32.7 Å². The van der Waals surface area contributed by atoms with Gasteiger partial charge >= 0.3 is 0 Å². The summed E-state index contributed by atoms with van der Waals surface area (Å²) >= 11 is 0. The molecule has 0 radical (unpaired) electrons. The van der Waals surface area contributed by atoms with Crippen LogP contribution >= 0.6 is 0 Å². The van der Waals surface area contributed by atoms with E-state index in [1.54, 1.807) is 47.4 Å². The standard InChI is InChI=1S/C21H16N6O3/c28-21(14-2-7-17-18(12-14)30-13-29-17)24-16-5-3-15(4-6-16)23-19-8-9-20(26-25-19)27-11-1-10-22-27/h1-12H,13H2,(H,23,25)(H,24,28). The molecule has 0 aliphatic carbocycles. The number of hydrogen-bond donors (Lipinski definition) is 2. The summed E-state index contributed by atoms with van der Waals surface area (Å²) < 4.78 is 12.2. The molecule has 5 rings (SSSR count). The molecule has 4 aromatic rings. The van der Waals surface area contributed by atoms with Crippen molar-refractivity contribution in [3.05, 3.63) is 78.6 Å². The van der Waals surface area contributed by atoms with Gasteiger partial charge in [0.05, 0.1) is 0 Å². The van der Waals surface area contributed by atoms with E-state index in [9.17, 15) is 4.79 Å². The van der Waals surface area contributed by atoms with E-state index in [0.29, 0.717) is 34.4 Å². The van der Waals surface area contributed by atoms with Crippen LogP contribution in [0.15, 0.2) is 73.1 Å². The Morgan fingerprint density at radius 3 is 2.53 bits per heavy atom. The van der Waals surface area contributed by atoms with Gasteiger partial charge in [-0.15, -0.1) is 10.2 Å². The van der Waals surface area contributed by atoms with Gasteiger partial charge in [0.15, 0.2) is 23.1 Å². The summed E-state index contributed by atoms with van der Waals surface area (Å²) in [6, 6.07) is 17.9. The number of carbonyl (C=O) groups excluding carboxylic acids is 1. The number of aromatic nitrogens is 4. The van der Waals surface area contributed by atoms with E-state index in [-0.39, 0.29) is 12.7 Å². The zero-order chi connectivity index (χ0) is 20.3. The van der Waals surface area contributed by atoms with Crippen molar-refractivity contribution in [2.24, 2.45) is 0 Å². The fourth-order valence-corrected chi connectivity index (χ4v) is 2.94. The average Bonchev–Trinajstić information content (AvgIpc) is 3.47. The van der Waals surface area contributed by atoms with Gasteiger partial charge in [-0.2, -0.15) is 5.10 Å². The van der Waals surface area contributed by atoms with Gasteiger partial charge in [-0.1, -0.05) is 0 Å². The van der Waals surface area contributed by atoms with Gasteiger partial charge in [-0.3, -0.25) is 4.79 Å². The zero-order valence-electron chi connectivity index (χ0n) is 15.6. The van der Waals surface area contributed by atoms with E-state index in [1.807, 2.05) is 30.3 Å². The molecule has 0 spiro atoms. The Balaban J connectivity index is 1.23. The van der Waals surface area contributed by atoms with Crippen LogP contribution in [0.5, 0.6) is 11.5 Å². The van der Waals surface area contributed by atoms with Crippen LogP contribution in [0.25, 0.3) is 5.82 Å². The Morgan fingerprint density at radius 1 is 0.933 bits per heavy atom. The minimum atomic E-state index is -0.228. The molecule has 2 aromatic heterocycles. The second-order valence-electron chi connectivity index (χ2n) is 6.45. The van der Waals surface area contributed by atoms with Crippen molar-refractivity contribution < 1.29 is 14.3 Å². The predicted molar refractivity (Wildman–Crippen MR) is 109 cm³/mol. The number of ether oxygens (including phenoxy) is 2. The van der Waals surface area contributed by atoms with Gasteiger partial charge in [0.25, 0.3) is 5.91 Å². The van der Waals surface area contributed by atoms with Crippen LogP contribution in [0.1, 0.15) is 10.4 Å². The first-order valence-corrected chi connectivity index (χ1v) is 9.16. The number of carbonyl (C=O) groups is 1. The first-order chi connectivity index (χ1) is 14.7. The van der Waals surface area contributed by atoms with Gasteiger partial charge in [0.2, 0.25) is 6.79 Å². The Kier molecular flexibility index (Phi) is 4.45. The highest BCUT2D eigenvalue weighted by Crippen LogP contribution is 2.32. The summed E-state index contributed by atoms with van der Waals surface area (Å²) in [5.41, 5.74) is 1.98. The summed E-state index contributed by atoms with van der Waals surface area (Å²) in [4.78, 5) is 12.5. The third-order valence-electron chi connectivity index (χ3n) is 4.44. The fourth-order valence-electron chi connectivity index (χ4n) is 2.94. The number of nitrogens with zero attached hydrogens (tertiary/aromatic N) is 4. The molecule has 0 fully saturated rings. The normalized spacial score (nSPS) is 11.9. The summed E-state index contributed by atoms with van der Waals surface area (Å²) in [7, 11) is 0. The van der Waals surface area contributed by atoms with Crippen molar-refractivity contribution in [1.82, 2.24) is 20.0 Å². The molecule has 3 heterocycles. The van der Waals surface area contributed by atoms with Gasteiger partial charge in [0.1, 0.15) is 0 Å². The largest absolute Gasteiger partial charge is 0.454 e. The molecule has 30 heavy (non-hydrogen) atoms. The van der Waals surface area contributed by atoms with Crippen LogP contribution in [0, 0.1) is 0 Å². The lowest BCUT2D eigenvalue weighted by Crippen LogP contribution is -2.11. The molecular formula is C21H16N6O3. The highest BCUT2D eigenvalue weighted by atomic mass is 16.7. The molecule has 0 saturated carbocycles. The maximum absolute atomic E-state index is 12.5. The number of hydrogen-bond acceptors (Lipinski definition) is 7. The molecular weight excluding hydrogens is 384 g/mol. The zero-order valence-corrected chi connectivity index (χ0v) is 15.6. The first-order valence-electron chi connectivity index (χ1n) is 9.16. The quantitative estimate of drug-likeness (QED) is 0.529. The highest BCUT2D eigenvalue weighted by molar-refractivity contribution is 6.04. The van der Waals surface area contributed by atoms with Crippen LogP contribution in [-0.2, 0) is 0 Å². The summed E-state index contributed by atoms with van der Waals surface area (Å²) in [6.45, 7) is 0.172. The van der Waals surface area contributed by atoms with Crippen LogP contribution in [0.3, 0.4) is 0 Å². The van der Waals surface area contributed by atoms with Crippen molar-refractivity contribution in [3.8, 4) is 17.3 Å². The molecule has 0 bridgehead atoms.